The summed E-state index contributed by atoms with van der Waals surface area (Å²) in [5, 5.41) is 0. The molecule has 2 aliphatic carbocycles. The molecule has 0 spiro atoms. The average molecular weight is 311 g/mol. The van der Waals surface area contributed by atoms with Crippen LogP contribution >= 0.6 is 0 Å². The van der Waals surface area contributed by atoms with Crippen LogP contribution in [0.3, 0.4) is 0 Å². The third-order valence-corrected chi connectivity index (χ3v) is 2.69. The molecule has 0 aromatic carbocycles. The molecular weight excluding hydrogens is 288 g/mol. The van der Waals surface area contributed by atoms with Crippen molar-refractivity contribution in [1.29, 1.82) is 0 Å². The van der Waals surface area contributed by atoms with Crippen molar-refractivity contribution in [1.82, 2.24) is 0 Å². The zero-order chi connectivity index (χ0) is 12.0. The maximum atomic E-state index is 3.26. The summed E-state index contributed by atoms with van der Waals surface area (Å²) >= 11 is 0. The first-order valence-corrected chi connectivity index (χ1v) is 6.15. The van der Waals surface area contributed by atoms with Crippen molar-refractivity contribution in [2.75, 3.05) is 0 Å². The second-order valence-electron chi connectivity index (χ2n) is 4.79. The second-order valence-corrected chi connectivity index (χ2v) is 4.79. The van der Waals surface area contributed by atoms with Crippen LogP contribution in [-0.4, -0.2) is 0 Å². The van der Waals surface area contributed by atoms with E-state index < -0.39 is 0 Å². The van der Waals surface area contributed by atoms with Crippen LogP contribution in [0.2, 0.25) is 0 Å². The largest absolute Gasteiger partial charge is 2.00 e. The van der Waals surface area contributed by atoms with Crippen molar-refractivity contribution >= 4 is 0 Å². The van der Waals surface area contributed by atoms with E-state index in [1.165, 1.54) is 11.1 Å². The zero-order valence-corrected chi connectivity index (χ0v) is 13.3. The van der Waals surface area contributed by atoms with Gasteiger partial charge < -0.3 is 1.43 Å². The quantitative estimate of drug-likeness (QED) is 0.509. The predicted molar refractivity (Wildman–Crippen MR) is 71.8 cm³/mol. The Morgan fingerprint density at radius 2 is 1.24 bits per heavy atom. The molecule has 0 aromatic rings. The van der Waals surface area contributed by atoms with Crippen molar-refractivity contribution in [3.05, 3.63) is 47.6 Å². The minimum Gasteiger partial charge on any atom is -1.00 e. The van der Waals surface area contributed by atoms with Gasteiger partial charge in [0.25, 0.3) is 0 Å². The maximum absolute atomic E-state index is 3.26. The van der Waals surface area contributed by atoms with Gasteiger partial charge in [0.15, 0.2) is 0 Å². The van der Waals surface area contributed by atoms with Crippen LogP contribution < -0.4 is 0 Å². The van der Waals surface area contributed by atoms with Crippen LogP contribution in [0.1, 0.15) is 42.0 Å². The van der Waals surface area contributed by atoms with Crippen molar-refractivity contribution in [2.45, 2.75) is 40.5 Å². The summed E-state index contributed by atoms with van der Waals surface area (Å²) in [5.74, 6) is 1.32. The molecule has 0 N–H and O–H groups in total. The molecule has 0 amide bonds. The summed E-state index contributed by atoms with van der Waals surface area (Å²) in [6.07, 6.45) is 17.2. The molecule has 0 unspecified atom stereocenters. The molecule has 0 radical (unpaired) electrons. The second kappa shape index (κ2) is 8.70. The molecule has 0 atom stereocenters. The summed E-state index contributed by atoms with van der Waals surface area (Å²) in [5.41, 5.74) is 2.73. The fraction of sp³-hybridized carbons (Fsp3) is 0.500. The van der Waals surface area contributed by atoms with E-state index in [1.807, 2.05) is 0 Å². The molecule has 2 aliphatic rings. The van der Waals surface area contributed by atoms with Crippen LogP contribution in [-0.2, 0) is 21.1 Å². The SMILES string of the molecule is CC(C)C1=[C-]CC=C1.CC(C)C1=[C-]CC=C1.[H-].[Mo+2]. The van der Waals surface area contributed by atoms with Gasteiger partial charge in [0.1, 0.15) is 0 Å². The standard InChI is InChI=1S/2C8H11.Mo.H/c2*1-7(2)8-5-3-4-6-8;;/h2*3,5,7H,4H2,1-2H3;;/q2*-1;+2;-1. The number of hydrogen-bond acceptors (Lipinski definition) is 0. The molecule has 0 heterocycles. The first kappa shape index (κ1) is 16.6. The molecule has 0 bridgehead atoms. The topological polar surface area (TPSA) is 0 Å². The van der Waals surface area contributed by atoms with E-state index in [1.54, 1.807) is 0 Å². The van der Waals surface area contributed by atoms with Gasteiger partial charge in [-0.1, -0.05) is 39.5 Å². The summed E-state index contributed by atoms with van der Waals surface area (Å²) in [6.45, 7) is 8.77. The van der Waals surface area contributed by atoms with Crippen molar-refractivity contribution in [2.24, 2.45) is 11.8 Å². The third-order valence-electron chi connectivity index (χ3n) is 2.69. The Bertz CT molecular complexity index is 299. The van der Waals surface area contributed by atoms with Crippen LogP contribution in [0, 0.1) is 24.0 Å². The summed E-state index contributed by atoms with van der Waals surface area (Å²) in [6, 6.07) is 0. The molecule has 0 aromatic heterocycles. The molecule has 1 heteroatoms. The van der Waals surface area contributed by atoms with E-state index in [0.29, 0.717) is 11.8 Å². The fourth-order valence-corrected chi connectivity index (χ4v) is 1.64. The van der Waals surface area contributed by atoms with Crippen LogP contribution in [0.15, 0.2) is 35.5 Å². The van der Waals surface area contributed by atoms with Gasteiger partial charge in [-0.2, -0.15) is 12.2 Å². The summed E-state index contributed by atoms with van der Waals surface area (Å²) in [7, 11) is 0. The molecule has 0 nitrogen and oxygen atoms in total. The van der Waals surface area contributed by atoms with E-state index in [9.17, 15) is 0 Å². The van der Waals surface area contributed by atoms with E-state index in [-0.39, 0.29) is 22.5 Å². The smallest absolute Gasteiger partial charge is 1.00 e. The molecule has 17 heavy (non-hydrogen) atoms. The van der Waals surface area contributed by atoms with Gasteiger partial charge in [-0.3, -0.25) is 12.2 Å². The summed E-state index contributed by atoms with van der Waals surface area (Å²) < 4.78 is 0. The van der Waals surface area contributed by atoms with E-state index >= 15 is 0 Å². The van der Waals surface area contributed by atoms with Gasteiger partial charge in [-0.05, 0) is 0 Å². The Morgan fingerprint density at radius 1 is 0.882 bits per heavy atom. The van der Waals surface area contributed by atoms with Crippen LogP contribution in [0.4, 0.5) is 0 Å². The fourth-order valence-electron chi connectivity index (χ4n) is 1.64. The van der Waals surface area contributed by atoms with Gasteiger partial charge in [-0.15, -0.1) is 12.8 Å². The first-order valence-electron chi connectivity index (χ1n) is 6.15. The third kappa shape index (κ3) is 6.22. The van der Waals surface area contributed by atoms with Crippen molar-refractivity contribution < 1.29 is 22.5 Å². The zero-order valence-electron chi connectivity index (χ0n) is 12.3. The number of allylic oxidation sites excluding steroid dienone is 8. The van der Waals surface area contributed by atoms with Gasteiger partial charge in [0.2, 0.25) is 0 Å². The van der Waals surface area contributed by atoms with Crippen LogP contribution in [0.25, 0.3) is 0 Å². The average Bonchev–Trinajstić information content (AvgIpc) is 2.93. The Labute approximate surface area is 122 Å². The number of rotatable bonds is 2. The minimum atomic E-state index is 0. The molecule has 0 aliphatic heterocycles. The Balaban J connectivity index is 0. The molecule has 0 saturated carbocycles. The first-order chi connectivity index (χ1) is 7.61. The Morgan fingerprint density at radius 3 is 1.35 bits per heavy atom. The maximum Gasteiger partial charge on any atom is 2.00 e. The Kier molecular flexibility index (Phi) is 8.52. The molecule has 0 fully saturated rings. The molecule has 2 rings (SSSR count). The van der Waals surface area contributed by atoms with Gasteiger partial charge in [0.05, 0.1) is 0 Å². The minimum absolute atomic E-state index is 0. The number of hydrogen-bond donors (Lipinski definition) is 0. The predicted octanol–water partition coefficient (Wildman–Crippen LogP) is 4.77. The van der Waals surface area contributed by atoms with Crippen molar-refractivity contribution in [3.63, 3.8) is 0 Å². The molecular formula is C16H23Mo-. The van der Waals surface area contributed by atoms with E-state index in [4.69, 9.17) is 0 Å². The van der Waals surface area contributed by atoms with Gasteiger partial charge in [0, 0.05) is 0 Å². The normalized spacial score (nSPS) is 16.6. The van der Waals surface area contributed by atoms with E-state index in [2.05, 4.69) is 64.2 Å². The molecule has 94 valence electrons. The van der Waals surface area contributed by atoms with Gasteiger partial charge in [-0.25, -0.2) is 23.3 Å². The van der Waals surface area contributed by atoms with Gasteiger partial charge >= 0.3 is 21.1 Å². The van der Waals surface area contributed by atoms with E-state index in [0.717, 1.165) is 12.8 Å². The van der Waals surface area contributed by atoms with Crippen molar-refractivity contribution in [3.8, 4) is 0 Å². The molecule has 0 saturated heterocycles. The Hall–Kier alpha value is -0.352. The monoisotopic (exact) mass is 313 g/mol. The van der Waals surface area contributed by atoms with Crippen LogP contribution in [0.5, 0.6) is 0 Å². The summed E-state index contributed by atoms with van der Waals surface area (Å²) in [4.78, 5) is 0.